The fourth-order valence-corrected chi connectivity index (χ4v) is 2.25. The molecule has 1 heterocycles. The van der Waals surface area contributed by atoms with Gasteiger partial charge in [-0.1, -0.05) is 11.6 Å². The summed E-state index contributed by atoms with van der Waals surface area (Å²) in [5.74, 6) is -0.213. The molecule has 86 valence electrons. The Morgan fingerprint density at radius 1 is 1.62 bits per heavy atom. The average Bonchev–Trinajstić information content (AvgIpc) is 3.07. The van der Waals surface area contributed by atoms with Crippen molar-refractivity contribution in [1.29, 1.82) is 0 Å². The van der Waals surface area contributed by atoms with Gasteiger partial charge in [-0.25, -0.2) is 4.98 Å². The second-order valence-electron chi connectivity index (χ2n) is 3.80. The van der Waals surface area contributed by atoms with Gasteiger partial charge in [-0.05, 0) is 19.1 Å². The Hall–Kier alpha value is -0.810. The van der Waals surface area contributed by atoms with Crippen LogP contribution in [0.2, 0.25) is 5.15 Å². The van der Waals surface area contributed by atoms with Gasteiger partial charge < -0.3 is 5.32 Å². The minimum absolute atomic E-state index is 0.213. The van der Waals surface area contributed by atoms with Gasteiger partial charge in [-0.3, -0.25) is 9.78 Å². The fourth-order valence-electron chi connectivity index (χ4n) is 1.38. The Kier molecular flexibility index (Phi) is 3.35. The van der Waals surface area contributed by atoms with Gasteiger partial charge in [0, 0.05) is 11.3 Å². The lowest BCUT2D eigenvalue weighted by molar-refractivity contribution is 0.0947. The zero-order chi connectivity index (χ0) is 11.6. The minimum atomic E-state index is -0.213. The first-order valence-corrected chi connectivity index (χ1v) is 6.56. The van der Waals surface area contributed by atoms with Crippen LogP contribution in [0, 0.1) is 0 Å². The molecule has 0 bridgehead atoms. The van der Waals surface area contributed by atoms with E-state index in [9.17, 15) is 4.79 Å². The Bertz CT molecular complexity index is 409. The van der Waals surface area contributed by atoms with Crippen LogP contribution in [0.4, 0.5) is 0 Å². The first-order chi connectivity index (χ1) is 7.65. The number of hydrogen-bond acceptors (Lipinski definition) is 4. The molecule has 0 atom stereocenters. The highest BCUT2D eigenvalue weighted by Gasteiger charge is 2.42. The fraction of sp³-hybridized carbons (Fsp3) is 0.500. The standard InChI is InChI=1S/C10H12ClN3OS/c1-16-10(2-3-10)6-13-9(15)7-4-12-5-8(11)14-7/h4-5H,2-3,6H2,1H3,(H,13,15). The van der Waals surface area contributed by atoms with E-state index in [1.165, 1.54) is 12.4 Å². The second kappa shape index (κ2) is 4.59. The first kappa shape index (κ1) is 11.7. The van der Waals surface area contributed by atoms with E-state index in [1.54, 1.807) is 11.8 Å². The summed E-state index contributed by atoms with van der Waals surface area (Å²) in [5.41, 5.74) is 0.268. The van der Waals surface area contributed by atoms with Crippen molar-refractivity contribution in [3.05, 3.63) is 23.2 Å². The van der Waals surface area contributed by atoms with E-state index in [2.05, 4.69) is 21.5 Å². The lowest BCUT2D eigenvalue weighted by Crippen LogP contribution is -2.32. The molecule has 1 fully saturated rings. The Morgan fingerprint density at radius 2 is 2.38 bits per heavy atom. The van der Waals surface area contributed by atoms with E-state index in [0.29, 0.717) is 6.54 Å². The van der Waals surface area contributed by atoms with Crippen molar-refractivity contribution in [3.8, 4) is 0 Å². The number of carbonyl (C=O) groups excluding carboxylic acids is 1. The largest absolute Gasteiger partial charge is 0.349 e. The maximum absolute atomic E-state index is 11.7. The summed E-state index contributed by atoms with van der Waals surface area (Å²) in [6.07, 6.45) is 7.21. The summed E-state index contributed by atoms with van der Waals surface area (Å²) in [6, 6.07) is 0. The Balaban J connectivity index is 1.93. The molecule has 0 spiro atoms. The molecule has 1 amide bonds. The van der Waals surface area contributed by atoms with Gasteiger partial charge in [-0.2, -0.15) is 11.8 Å². The van der Waals surface area contributed by atoms with Gasteiger partial charge in [0.05, 0.1) is 12.4 Å². The van der Waals surface area contributed by atoms with Crippen molar-refractivity contribution < 1.29 is 4.79 Å². The number of thioether (sulfide) groups is 1. The molecule has 0 unspecified atom stereocenters. The van der Waals surface area contributed by atoms with Crippen molar-refractivity contribution in [2.75, 3.05) is 12.8 Å². The van der Waals surface area contributed by atoms with E-state index in [4.69, 9.17) is 11.6 Å². The van der Waals surface area contributed by atoms with Crippen LogP contribution in [-0.2, 0) is 0 Å². The number of nitrogens with zero attached hydrogens (tertiary/aromatic N) is 2. The molecule has 0 radical (unpaired) electrons. The maximum atomic E-state index is 11.7. The molecule has 0 saturated heterocycles. The molecule has 1 aliphatic rings. The summed E-state index contributed by atoms with van der Waals surface area (Å²) >= 11 is 7.46. The second-order valence-corrected chi connectivity index (χ2v) is 5.46. The molecule has 1 saturated carbocycles. The van der Waals surface area contributed by atoms with Gasteiger partial charge >= 0.3 is 0 Å². The third kappa shape index (κ3) is 2.65. The predicted octanol–water partition coefficient (Wildman–Crippen LogP) is 1.76. The predicted molar refractivity (Wildman–Crippen MR) is 64.9 cm³/mol. The molecule has 1 aromatic rings. The highest BCUT2D eigenvalue weighted by atomic mass is 35.5. The average molecular weight is 258 g/mol. The third-order valence-electron chi connectivity index (χ3n) is 2.65. The zero-order valence-corrected chi connectivity index (χ0v) is 10.4. The van der Waals surface area contributed by atoms with E-state index in [-0.39, 0.29) is 21.5 Å². The summed E-state index contributed by atoms with van der Waals surface area (Å²) in [4.78, 5) is 19.4. The molecular formula is C10H12ClN3OS. The number of rotatable bonds is 4. The van der Waals surface area contributed by atoms with E-state index in [1.807, 2.05) is 0 Å². The quantitative estimate of drug-likeness (QED) is 0.893. The van der Waals surface area contributed by atoms with Crippen LogP contribution in [0.3, 0.4) is 0 Å². The van der Waals surface area contributed by atoms with Crippen molar-refractivity contribution in [3.63, 3.8) is 0 Å². The van der Waals surface area contributed by atoms with Crippen LogP contribution in [0.15, 0.2) is 12.4 Å². The molecular weight excluding hydrogens is 246 g/mol. The van der Waals surface area contributed by atoms with Crippen molar-refractivity contribution >= 4 is 29.3 Å². The minimum Gasteiger partial charge on any atom is -0.349 e. The van der Waals surface area contributed by atoms with Crippen LogP contribution in [-0.4, -0.2) is 33.4 Å². The molecule has 4 nitrogen and oxygen atoms in total. The lowest BCUT2D eigenvalue weighted by Gasteiger charge is -2.12. The van der Waals surface area contributed by atoms with Gasteiger partial charge in [0.15, 0.2) is 0 Å². The first-order valence-electron chi connectivity index (χ1n) is 4.96. The number of hydrogen-bond donors (Lipinski definition) is 1. The van der Waals surface area contributed by atoms with Crippen LogP contribution in [0.5, 0.6) is 0 Å². The zero-order valence-electron chi connectivity index (χ0n) is 8.86. The monoisotopic (exact) mass is 257 g/mol. The van der Waals surface area contributed by atoms with E-state index in [0.717, 1.165) is 12.8 Å². The molecule has 16 heavy (non-hydrogen) atoms. The number of carbonyl (C=O) groups is 1. The van der Waals surface area contributed by atoms with E-state index < -0.39 is 0 Å². The molecule has 0 aliphatic heterocycles. The molecule has 6 heteroatoms. The topological polar surface area (TPSA) is 54.9 Å². The highest BCUT2D eigenvalue weighted by molar-refractivity contribution is 8.00. The summed E-state index contributed by atoms with van der Waals surface area (Å²) in [7, 11) is 0. The van der Waals surface area contributed by atoms with Crippen molar-refractivity contribution in [1.82, 2.24) is 15.3 Å². The number of nitrogens with one attached hydrogen (secondary N) is 1. The number of halogens is 1. The van der Waals surface area contributed by atoms with Crippen molar-refractivity contribution in [2.24, 2.45) is 0 Å². The van der Waals surface area contributed by atoms with Crippen LogP contribution >= 0.6 is 23.4 Å². The normalized spacial score (nSPS) is 16.9. The van der Waals surface area contributed by atoms with Gasteiger partial charge in [0.25, 0.3) is 5.91 Å². The molecule has 2 rings (SSSR count). The highest BCUT2D eigenvalue weighted by Crippen LogP contribution is 2.46. The SMILES string of the molecule is CSC1(CNC(=O)c2cncc(Cl)n2)CC1. The number of aromatic nitrogens is 2. The Labute approximate surface area is 103 Å². The van der Waals surface area contributed by atoms with Crippen LogP contribution in [0.1, 0.15) is 23.3 Å². The molecule has 1 N–H and O–H groups in total. The smallest absolute Gasteiger partial charge is 0.271 e. The van der Waals surface area contributed by atoms with E-state index >= 15 is 0 Å². The van der Waals surface area contributed by atoms with Crippen molar-refractivity contribution in [2.45, 2.75) is 17.6 Å². The molecule has 0 aromatic carbocycles. The van der Waals surface area contributed by atoms with Gasteiger partial charge in [-0.15, -0.1) is 0 Å². The van der Waals surface area contributed by atoms with Gasteiger partial charge in [0.2, 0.25) is 0 Å². The third-order valence-corrected chi connectivity index (χ3v) is 4.25. The number of amides is 1. The van der Waals surface area contributed by atoms with Crippen LogP contribution in [0.25, 0.3) is 0 Å². The van der Waals surface area contributed by atoms with Crippen LogP contribution < -0.4 is 5.32 Å². The molecule has 1 aliphatic carbocycles. The Morgan fingerprint density at radius 3 is 2.94 bits per heavy atom. The lowest BCUT2D eigenvalue weighted by atomic mass is 10.3. The molecule has 1 aromatic heterocycles. The summed E-state index contributed by atoms with van der Waals surface area (Å²) < 4.78 is 0.252. The maximum Gasteiger partial charge on any atom is 0.271 e. The summed E-state index contributed by atoms with van der Waals surface area (Å²) in [6.45, 7) is 0.682. The van der Waals surface area contributed by atoms with Gasteiger partial charge in [0.1, 0.15) is 10.8 Å². The summed E-state index contributed by atoms with van der Waals surface area (Å²) in [5, 5.41) is 3.09.